The van der Waals surface area contributed by atoms with Crippen LogP contribution in [0.25, 0.3) is 5.57 Å². The number of likely N-dealkylation sites (tertiary alicyclic amines) is 1. The zero-order valence-corrected chi connectivity index (χ0v) is 17.8. The van der Waals surface area contributed by atoms with E-state index >= 15 is 4.39 Å². The Labute approximate surface area is 190 Å². The van der Waals surface area contributed by atoms with Crippen molar-refractivity contribution in [2.45, 2.75) is 37.0 Å². The quantitative estimate of drug-likeness (QED) is 0.702. The van der Waals surface area contributed by atoms with Crippen LogP contribution in [0.3, 0.4) is 0 Å². The van der Waals surface area contributed by atoms with Crippen molar-refractivity contribution in [3.05, 3.63) is 88.5 Å². The fraction of sp³-hybridized carbons (Fsp3) is 0.240. The van der Waals surface area contributed by atoms with Crippen LogP contribution in [0.1, 0.15) is 36.4 Å². The number of carboxylic acids is 1. The lowest BCUT2D eigenvalue weighted by Gasteiger charge is -2.32. The van der Waals surface area contributed by atoms with Gasteiger partial charge in [0.1, 0.15) is 12.1 Å². The zero-order valence-electron chi connectivity index (χ0n) is 17.0. The second-order valence-electron chi connectivity index (χ2n) is 7.91. The van der Waals surface area contributed by atoms with E-state index in [1.807, 2.05) is 0 Å². The number of amides is 1. The fourth-order valence-corrected chi connectivity index (χ4v) is 4.74. The first-order valence-corrected chi connectivity index (χ1v) is 10.6. The van der Waals surface area contributed by atoms with Gasteiger partial charge in [-0.1, -0.05) is 72.3 Å². The molecular formula is C25H20ClFN2O3. The maximum Gasteiger partial charge on any atom is 0.326 e. The Morgan fingerprint density at radius 3 is 2.44 bits per heavy atom. The van der Waals surface area contributed by atoms with Gasteiger partial charge in [-0.2, -0.15) is 5.26 Å². The smallest absolute Gasteiger partial charge is 0.326 e. The van der Waals surface area contributed by atoms with Crippen molar-refractivity contribution < 1.29 is 19.1 Å². The van der Waals surface area contributed by atoms with Crippen molar-refractivity contribution in [3.63, 3.8) is 0 Å². The van der Waals surface area contributed by atoms with Gasteiger partial charge in [-0.3, -0.25) is 4.79 Å². The van der Waals surface area contributed by atoms with E-state index < -0.39 is 36.0 Å². The predicted octanol–water partition coefficient (Wildman–Crippen LogP) is 5.10. The summed E-state index contributed by atoms with van der Waals surface area (Å²) in [5.41, 5.74) is -0.970. The van der Waals surface area contributed by atoms with Crippen LogP contribution in [0, 0.1) is 11.3 Å². The van der Waals surface area contributed by atoms with Crippen LogP contribution in [0.2, 0.25) is 5.02 Å². The molecule has 1 unspecified atom stereocenters. The van der Waals surface area contributed by atoms with E-state index in [-0.39, 0.29) is 17.6 Å². The van der Waals surface area contributed by atoms with Crippen molar-refractivity contribution >= 4 is 29.1 Å². The molecule has 0 radical (unpaired) electrons. The molecule has 0 saturated carbocycles. The maximum absolute atomic E-state index is 15.7. The topological polar surface area (TPSA) is 81.4 Å². The third-order valence-corrected chi connectivity index (χ3v) is 6.36. The highest BCUT2D eigenvalue weighted by Crippen LogP contribution is 2.43. The van der Waals surface area contributed by atoms with Gasteiger partial charge in [-0.15, -0.1) is 0 Å². The number of aliphatic carboxylic acids is 1. The van der Waals surface area contributed by atoms with Crippen molar-refractivity contribution in [1.82, 2.24) is 4.90 Å². The Morgan fingerprint density at radius 1 is 1.09 bits per heavy atom. The fourth-order valence-electron chi connectivity index (χ4n) is 4.48. The van der Waals surface area contributed by atoms with Crippen LogP contribution in [-0.2, 0) is 9.59 Å². The van der Waals surface area contributed by atoms with Gasteiger partial charge >= 0.3 is 5.97 Å². The SMILES string of the molecule is N#CC1(F)CC(C(=O)N2[C@@H](c3ccccc3Cl)CC[C@H]2C(=O)O)=CC=C1c1ccccc1. The predicted molar refractivity (Wildman–Crippen MR) is 118 cm³/mol. The largest absolute Gasteiger partial charge is 0.480 e. The molecule has 0 bridgehead atoms. The monoisotopic (exact) mass is 450 g/mol. The number of nitriles is 1. The average Bonchev–Trinajstić information content (AvgIpc) is 3.24. The lowest BCUT2D eigenvalue weighted by Crippen LogP contribution is -2.43. The van der Waals surface area contributed by atoms with Gasteiger partial charge in [-0.05, 0) is 30.0 Å². The lowest BCUT2D eigenvalue weighted by molar-refractivity contribution is -0.148. The molecular weight excluding hydrogens is 431 g/mol. The van der Waals surface area contributed by atoms with E-state index in [4.69, 9.17) is 11.6 Å². The molecule has 2 aromatic carbocycles. The number of hydrogen-bond donors (Lipinski definition) is 1. The molecule has 1 fully saturated rings. The van der Waals surface area contributed by atoms with Gasteiger partial charge in [0.2, 0.25) is 5.67 Å². The van der Waals surface area contributed by atoms with Crippen molar-refractivity contribution in [3.8, 4) is 6.07 Å². The summed E-state index contributed by atoms with van der Waals surface area (Å²) in [6.07, 6.45) is 3.14. The molecule has 5 nitrogen and oxygen atoms in total. The number of carbonyl (C=O) groups excluding carboxylic acids is 1. The molecule has 1 saturated heterocycles. The Balaban J connectivity index is 1.73. The third-order valence-electron chi connectivity index (χ3n) is 6.02. The van der Waals surface area contributed by atoms with E-state index in [1.165, 1.54) is 17.1 Å². The number of hydrogen-bond acceptors (Lipinski definition) is 3. The zero-order chi connectivity index (χ0) is 22.9. The van der Waals surface area contributed by atoms with Crippen LogP contribution in [-0.4, -0.2) is 33.6 Å². The van der Waals surface area contributed by atoms with Crippen LogP contribution < -0.4 is 0 Å². The van der Waals surface area contributed by atoms with Crippen LogP contribution in [0.5, 0.6) is 0 Å². The number of allylic oxidation sites excluding steroid dienone is 3. The Hall–Kier alpha value is -3.43. The second kappa shape index (κ2) is 8.60. The molecule has 32 heavy (non-hydrogen) atoms. The number of alkyl halides is 1. The maximum atomic E-state index is 15.7. The summed E-state index contributed by atoms with van der Waals surface area (Å²) < 4.78 is 15.7. The van der Waals surface area contributed by atoms with Gasteiger partial charge < -0.3 is 10.0 Å². The first kappa shape index (κ1) is 21.8. The Bertz CT molecular complexity index is 1170. The first-order valence-electron chi connectivity index (χ1n) is 10.2. The lowest BCUT2D eigenvalue weighted by atomic mass is 9.81. The number of carbonyl (C=O) groups is 2. The van der Waals surface area contributed by atoms with Crippen molar-refractivity contribution in [2.24, 2.45) is 0 Å². The number of rotatable bonds is 4. The highest BCUT2D eigenvalue weighted by molar-refractivity contribution is 6.31. The number of halogens is 2. The summed E-state index contributed by atoms with van der Waals surface area (Å²) in [7, 11) is 0. The molecule has 7 heteroatoms. The standard InChI is InChI=1S/C25H20ClFN2O3/c26-20-9-5-4-8-18(20)21-12-13-22(24(31)32)29(21)23(30)17-10-11-19(25(27,14-17)15-28)16-6-2-1-3-7-16/h1-11,21-22H,12-14H2,(H,31,32)/t21-,22+,25?/m1/s1. The molecule has 2 aliphatic rings. The van der Waals surface area contributed by atoms with Gasteiger partial charge in [0, 0.05) is 22.6 Å². The van der Waals surface area contributed by atoms with E-state index in [9.17, 15) is 20.0 Å². The molecule has 1 amide bonds. The number of carboxylic acid groups (broad SMARTS) is 1. The molecule has 1 N–H and O–H groups in total. The molecule has 1 aliphatic heterocycles. The average molecular weight is 451 g/mol. The molecule has 162 valence electrons. The minimum absolute atomic E-state index is 0.0546. The third kappa shape index (κ3) is 3.80. The molecule has 0 spiro atoms. The highest BCUT2D eigenvalue weighted by atomic mass is 35.5. The van der Waals surface area contributed by atoms with Crippen molar-refractivity contribution in [2.75, 3.05) is 0 Å². The van der Waals surface area contributed by atoms with E-state index in [0.29, 0.717) is 22.6 Å². The van der Waals surface area contributed by atoms with E-state index in [1.54, 1.807) is 60.7 Å². The van der Waals surface area contributed by atoms with Crippen LogP contribution >= 0.6 is 11.6 Å². The summed E-state index contributed by atoms with van der Waals surface area (Å²) in [6.45, 7) is 0. The first-order chi connectivity index (χ1) is 15.4. The van der Waals surface area contributed by atoms with Crippen LogP contribution in [0.4, 0.5) is 4.39 Å². The molecule has 2 aromatic rings. The second-order valence-corrected chi connectivity index (χ2v) is 8.32. The van der Waals surface area contributed by atoms with E-state index in [2.05, 4.69) is 0 Å². The summed E-state index contributed by atoms with van der Waals surface area (Å²) in [5.74, 6) is -1.72. The Morgan fingerprint density at radius 2 is 1.78 bits per heavy atom. The minimum Gasteiger partial charge on any atom is -0.480 e. The number of nitrogens with zero attached hydrogens (tertiary/aromatic N) is 2. The molecule has 0 aromatic heterocycles. The summed E-state index contributed by atoms with van der Waals surface area (Å²) in [5, 5.41) is 19.8. The Kier molecular flexibility index (Phi) is 5.86. The molecule has 1 heterocycles. The summed E-state index contributed by atoms with van der Waals surface area (Å²) in [4.78, 5) is 26.7. The highest BCUT2D eigenvalue weighted by Gasteiger charge is 2.46. The van der Waals surface area contributed by atoms with Gasteiger partial charge in [0.05, 0.1) is 6.04 Å². The van der Waals surface area contributed by atoms with E-state index in [0.717, 1.165) is 0 Å². The van der Waals surface area contributed by atoms with Crippen LogP contribution in [0.15, 0.2) is 72.3 Å². The summed E-state index contributed by atoms with van der Waals surface area (Å²) in [6, 6.07) is 15.8. The van der Waals surface area contributed by atoms with Crippen molar-refractivity contribution in [1.29, 1.82) is 5.26 Å². The minimum atomic E-state index is -2.40. The van der Waals surface area contributed by atoms with Gasteiger partial charge in [-0.25, -0.2) is 9.18 Å². The molecule has 4 rings (SSSR count). The van der Waals surface area contributed by atoms with Gasteiger partial charge in [0.15, 0.2) is 0 Å². The molecule has 3 atom stereocenters. The summed E-state index contributed by atoms with van der Waals surface area (Å²) >= 11 is 6.33. The van der Waals surface area contributed by atoms with Gasteiger partial charge in [0.25, 0.3) is 5.91 Å². The number of benzene rings is 2. The molecule has 1 aliphatic carbocycles. The normalized spacial score (nSPS) is 25.0.